The molecule has 0 aliphatic carbocycles. The van der Waals surface area contributed by atoms with Crippen LogP contribution in [-0.2, 0) is 4.74 Å². The SMILES string of the molecule is Cc1noc(-c2ccc(NC(=O)N3CCC(C4CCCO4)CC3)cn2)n1. The zero-order chi connectivity index (χ0) is 17.9. The molecule has 4 rings (SSSR count). The number of aromatic nitrogens is 3. The molecule has 0 aromatic carbocycles. The molecule has 0 radical (unpaired) electrons. The average molecular weight is 357 g/mol. The monoisotopic (exact) mass is 357 g/mol. The molecule has 138 valence electrons. The van der Waals surface area contributed by atoms with Crippen LogP contribution >= 0.6 is 0 Å². The highest BCUT2D eigenvalue weighted by molar-refractivity contribution is 5.89. The number of likely N-dealkylation sites (tertiary alicyclic amines) is 1. The van der Waals surface area contributed by atoms with Gasteiger partial charge in [-0.2, -0.15) is 4.98 Å². The predicted molar refractivity (Wildman–Crippen MR) is 94.6 cm³/mol. The highest BCUT2D eigenvalue weighted by Crippen LogP contribution is 2.29. The van der Waals surface area contributed by atoms with E-state index in [4.69, 9.17) is 9.26 Å². The first-order valence-electron chi connectivity index (χ1n) is 9.13. The maximum atomic E-state index is 12.5. The molecule has 2 saturated heterocycles. The topological polar surface area (TPSA) is 93.4 Å². The third kappa shape index (κ3) is 3.70. The van der Waals surface area contributed by atoms with E-state index in [9.17, 15) is 4.79 Å². The van der Waals surface area contributed by atoms with Crippen molar-refractivity contribution in [1.29, 1.82) is 0 Å². The average Bonchev–Trinajstić information content (AvgIpc) is 3.34. The van der Waals surface area contributed by atoms with Crippen molar-refractivity contribution in [2.45, 2.75) is 38.7 Å². The summed E-state index contributed by atoms with van der Waals surface area (Å²) >= 11 is 0. The first kappa shape index (κ1) is 17.0. The first-order valence-corrected chi connectivity index (χ1v) is 9.13. The van der Waals surface area contributed by atoms with Crippen LogP contribution in [0.4, 0.5) is 10.5 Å². The van der Waals surface area contributed by atoms with Crippen molar-refractivity contribution < 1.29 is 14.1 Å². The second-order valence-electron chi connectivity index (χ2n) is 6.88. The highest BCUT2D eigenvalue weighted by Gasteiger charge is 2.30. The van der Waals surface area contributed by atoms with Gasteiger partial charge in [-0.25, -0.2) is 9.78 Å². The number of anilines is 1. The summed E-state index contributed by atoms with van der Waals surface area (Å²) in [6, 6.07) is 3.46. The van der Waals surface area contributed by atoms with Gasteiger partial charge in [-0.15, -0.1) is 0 Å². The van der Waals surface area contributed by atoms with Gasteiger partial charge in [0.2, 0.25) is 0 Å². The van der Waals surface area contributed by atoms with E-state index in [0.717, 1.165) is 45.4 Å². The van der Waals surface area contributed by atoms with Crippen molar-refractivity contribution in [3.8, 4) is 11.6 Å². The maximum Gasteiger partial charge on any atom is 0.321 e. The summed E-state index contributed by atoms with van der Waals surface area (Å²) in [5.74, 6) is 1.52. The van der Waals surface area contributed by atoms with Crippen LogP contribution in [0.5, 0.6) is 0 Å². The molecule has 1 unspecified atom stereocenters. The summed E-state index contributed by atoms with van der Waals surface area (Å²) in [5.41, 5.74) is 1.23. The summed E-state index contributed by atoms with van der Waals surface area (Å²) in [7, 11) is 0. The number of carbonyl (C=O) groups excluding carboxylic acids is 1. The lowest BCUT2D eigenvalue weighted by molar-refractivity contribution is 0.0382. The Morgan fingerprint density at radius 2 is 2.12 bits per heavy atom. The molecule has 0 spiro atoms. The normalized spacial score (nSPS) is 21.1. The summed E-state index contributed by atoms with van der Waals surface area (Å²) in [6.45, 7) is 4.17. The second kappa shape index (κ2) is 7.41. The molecule has 2 aromatic heterocycles. The number of nitrogens with zero attached hydrogens (tertiary/aromatic N) is 4. The Balaban J connectivity index is 1.30. The van der Waals surface area contributed by atoms with Crippen LogP contribution in [0.1, 0.15) is 31.5 Å². The van der Waals surface area contributed by atoms with Crippen LogP contribution < -0.4 is 5.32 Å². The number of carbonyl (C=O) groups is 1. The van der Waals surface area contributed by atoms with Crippen LogP contribution in [0.25, 0.3) is 11.6 Å². The fraction of sp³-hybridized carbons (Fsp3) is 0.556. The fourth-order valence-electron chi connectivity index (χ4n) is 3.65. The molecule has 2 amide bonds. The van der Waals surface area contributed by atoms with Crippen LogP contribution in [0.2, 0.25) is 0 Å². The molecule has 1 atom stereocenters. The Bertz CT molecular complexity index is 746. The number of aryl methyl sites for hydroxylation is 1. The second-order valence-corrected chi connectivity index (χ2v) is 6.88. The van der Waals surface area contributed by atoms with E-state index in [1.165, 1.54) is 0 Å². The predicted octanol–water partition coefficient (Wildman–Crippen LogP) is 2.86. The molecule has 4 heterocycles. The minimum absolute atomic E-state index is 0.0843. The van der Waals surface area contributed by atoms with Gasteiger partial charge >= 0.3 is 6.03 Å². The Morgan fingerprint density at radius 3 is 2.73 bits per heavy atom. The number of hydrogen-bond acceptors (Lipinski definition) is 6. The Hall–Kier alpha value is -2.48. The van der Waals surface area contributed by atoms with Gasteiger partial charge in [0.15, 0.2) is 5.82 Å². The van der Waals surface area contributed by atoms with Crippen LogP contribution in [0, 0.1) is 12.8 Å². The van der Waals surface area contributed by atoms with Crippen molar-refractivity contribution >= 4 is 11.7 Å². The lowest BCUT2D eigenvalue weighted by atomic mass is 9.90. The molecular formula is C18H23N5O3. The van der Waals surface area contributed by atoms with E-state index in [-0.39, 0.29) is 6.03 Å². The van der Waals surface area contributed by atoms with Gasteiger partial charge in [0, 0.05) is 19.7 Å². The molecule has 1 N–H and O–H groups in total. The number of ether oxygens (including phenoxy) is 1. The number of piperidine rings is 1. The minimum Gasteiger partial charge on any atom is -0.378 e. The Labute approximate surface area is 151 Å². The van der Waals surface area contributed by atoms with Crippen molar-refractivity contribution in [3.05, 3.63) is 24.2 Å². The molecule has 2 fully saturated rings. The Kier molecular flexibility index (Phi) is 4.83. The smallest absolute Gasteiger partial charge is 0.321 e. The lowest BCUT2D eigenvalue weighted by Gasteiger charge is -2.34. The standard InChI is InChI=1S/C18H23N5O3/c1-12-20-17(26-22-12)15-5-4-14(11-19-15)21-18(24)23-8-6-13(7-9-23)16-3-2-10-25-16/h4-5,11,13,16H,2-3,6-10H2,1H3,(H,21,24). The molecule has 26 heavy (non-hydrogen) atoms. The number of rotatable bonds is 3. The zero-order valence-corrected chi connectivity index (χ0v) is 14.9. The number of amides is 2. The molecule has 0 saturated carbocycles. The summed E-state index contributed by atoms with van der Waals surface area (Å²) < 4.78 is 10.9. The van der Waals surface area contributed by atoms with Gasteiger partial charge in [0.25, 0.3) is 5.89 Å². The van der Waals surface area contributed by atoms with Gasteiger partial charge in [-0.3, -0.25) is 0 Å². The van der Waals surface area contributed by atoms with E-state index in [1.807, 2.05) is 4.90 Å². The molecule has 2 aliphatic heterocycles. The van der Waals surface area contributed by atoms with Crippen molar-refractivity contribution in [1.82, 2.24) is 20.0 Å². The van der Waals surface area contributed by atoms with E-state index in [1.54, 1.807) is 25.3 Å². The van der Waals surface area contributed by atoms with Crippen LogP contribution in [0.3, 0.4) is 0 Å². The summed E-state index contributed by atoms with van der Waals surface area (Å²) in [6.07, 6.45) is 6.33. The highest BCUT2D eigenvalue weighted by atomic mass is 16.5. The third-order valence-electron chi connectivity index (χ3n) is 5.08. The van der Waals surface area contributed by atoms with Gasteiger partial charge in [-0.1, -0.05) is 5.16 Å². The van der Waals surface area contributed by atoms with Crippen LogP contribution in [-0.4, -0.2) is 51.9 Å². The molecule has 2 aliphatic rings. The number of nitrogens with one attached hydrogen (secondary N) is 1. The van der Waals surface area contributed by atoms with Crippen molar-refractivity contribution in [3.63, 3.8) is 0 Å². The summed E-state index contributed by atoms with van der Waals surface area (Å²) in [5, 5.41) is 6.65. The van der Waals surface area contributed by atoms with E-state index < -0.39 is 0 Å². The van der Waals surface area contributed by atoms with E-state index in [2.05, 4.69) is 20.4 Å². The van der Waals surface area contributed by atoms with Gasteiger partial charge in [0.1, 0.15) is 5.69 Å². The minimum atomic E-state index is -0.0843. The number of hydrogen-bond donors (Lipinski definition) is 1. The lowest BCUT2D eigenvalue weighted by Crippen LogP contribution is -2.43. The number of urea groups is 1. The summed E-state index contributed by atoms with van der Waals surface area (Å²) in [4.78, 5) is 22.7. The Morgan fingerprint density at radius 1 is 1.27 bits per heavy atom. The number of pyridine rings is 1. The molecule has 2 aromatic rings. The van der Waals surface area contributed by atoms with E-state index in [0.29, 0.717) is 35.1 Å². The molecule has 8 heteroatoms. The third-order valence-corrected chi connectivity index (χ3v) is 5.08. The fourth-order valence-corrected chi connectivity index (χ4v) is 3.65. The molecule has 0 bridgehead atoms. The van der Waals surface area contributed by atoms with Crippen LogP contribution in [0.15, 0.2) is 22.9 Å². The zero-order valence-electron chi connectivity index (χ0n) is 14.9. The van der Waals surface area contributed by atoms with Gasteiger partial charge in [-0.05, 0) is 50.7 Å². The van der Waals surface area contributed by atoms with Crippen molar-refractivity contribution in [2.75, 3.05) is 25.0 Å². The molecule has 8 nitrogen and oxygen atoms in total. The van der Waals surface area contributed by atoms with Gasteiger partial charge in [0.05, 0.1) is 18.0 Å². The van der Waals surface area contributed by atoms with Crippen molar-refractivity contribution in [2.24, 2.45) is 5.92 Å². The quantitative estimate of drug-likeness (QED) is 0.908. The van der Waals surface area contributed by atoms with E-state index >= 15 is 0 Å². The molecular weight excluding hydrogens is 334 g/mol. The van der Waals surface area contributed by atoms with Gasteiger partial charge < -0.3 is 19.5 Å². The largest absolute Gasteiger partial charge is 0.378 e. The first-order chi connectivity index (χ1) is 12.7. The maximum absolute atomic E-state index is 12.5.